The van der Waals surface area contributed by atoms with Crippen molar-refractivity contribution >= 4 is 5.96 Å². The van der Waals surface area contributed by atoms with Crippen LogP contribution in [0.4, 0.5) is 0 Å². The molecule has 1 unspecified atom stereocenters. The predicted octanol–water partition coefficient (Wildman–Crippen LogP) is 2.01. The van der Waals surface area contributed by atoms with Crippen LogP contribution in [0.5, 0.6) is 0 Å². The van der Waals surface area contributed by atoms with E-state index in [-0.39, 0.29) is 0 Å². The summed E-state index contributed by atoms with van der Waals surface area (Å²) in [6, 6.07) is 0.771. The van der Waals surface area contributed by atoms with Crippen LogP contribution in [0.1, 0.15) is 44.6 Å². The summed E-state index contributed by atoms with van der Waals surface area (Å²) in [5, 5.41) is 11.1. The third-order valence-electron chi connectivity index (χ3n) is 4.75. The number of nitrogens with one attached hydrogen (secondary N) is 2. The van der Waals surface area contributed by atoms with Crippen LogP contribution in [0, 0.1) is 6.92 Å². The summed E-state index contributed by atoms with van der Waals surface area (Å²) < 4.78 is 1.99. The van der Waals surface area contributed by atoms with Crippen LogP contribution in [0.2, 0.25) is 0 Å². The molecule has 1 fully saturated rings. The Balaban J connectivity index is 1.60. The van der Waals surface area contributed by atoms with Gasteiger partial charge in [0.25, 0.3) is 0 Å². The summed E-state index contributed by atoms with van der Waals surface area (Å²) in [7, 11) is 1.84. The van der Waals surface area contributed by atoms with Crippen LogP contribution in [-0.2, 0) is 6.54 Å². The fourth-order valence-electron chi connectivity index (χ4n) is 3.39. The van der Waals surface area contributed by atoms with Gasteiger partial charge in [0.15, 0.2) is 5.96 Å². The van der Waals surface area contributed by atoms with Gasteiger partial charge in [-0.3, -0.25) is 14.6 Å². The molecule has 2 heterocycles. The highest BCUT2D eigenvalue weighted by atomic mass is 15.3. The van der Waals surface area contributed by atoms with Crippen LogP contribution in [-0.4, -0.2) is 59.9 Å². The number of aromatic nitrogens is 2. The molecule has 0 amide bonds. The smallest absolute Gasteiger partial charge is 0.191 e. The molecule has 6 heteroatoms. The largest absolute Gasteiger partial charge is 0.356 e. The molecule has 1 aromatic heterocycles. The maximum absolute atomic E-state index is 4.31. The molecule has 0 aliphatic carbocycles. The number of hydrogen-bond donors (Lipinski definition) is 2. The molecule has 1 aliphatic heterocycles. The van der Waals surface area contributed by atoms with Crippen molar-refractivity contribution < 1.29 is 0 Å². The molecule has 0 radical (unpaired) electrons. The van der Waals surface area contributed by atoms with Gasteiger partial charge in [0.1, 0.15) is 0 Å². The second kappa shape index (κ2) is 10.3. The SMILES string of the molecule is CCC1CCCCN1CCNC(=NC)NCCCn1cc(C)cn1. The van der Waals surface area contributed by atoms with Crippen LogP contribution < -0.4 is 10.6 Å². The van der Waals surface area contributed by atoms with Gasteiger partial charge in [0.05, 0.1) is 6.20 Å². The molecule has 1 atom stereocenters. The van der Waals surface area contributed by atoms with E-state index in [1.165, 1.54) is 37.8 Å². The Kier molecular flexibility index (Phi) is 8.08. The van der Waals surface area contributed by atoms with E-state index in [2.05, 4.69) is 45.7 Å². The standard InChI is InChI=1S/C18H34N6/c1-4-17-8-5-6-11-23(17)13-10-21-18(19-3)20-9-7-12-24-15-16(2)14-22-24/h14-15,17H,4-13H2,1-3H3,(H2,19,20,21). The quantitative estimate of drug-likeness (QED) is 0.434. The van der Waals surface area contributed by atoms with Gasteiger partial charge < -0.3 is 10.6 Å². The Labute approximate surface area is 146 Å². The zero-order valence-corrected chi connectivity index (χ0v) is 15.6. The lowest BCUT2D eigenvalue weighted by Gasteiger charge is -2.35. The van der Waals surface area contributed by atoms with Gasteiger partial charge in [-0.25, -0.2) is 0 Å². The van der Waals surface area contributed by atoms with Crippen molar-refractivity contribution in [2.24, 2.45) is 4.99 Å². The normalized spacial score (nSPS) is 19.5. The summed E-state index contributed by atoms with van der Waals surface area (Å²) in [6.07, 6.45) is 10.4. The second-order valence-corrected chi connectivity index (χ2v) is 6.65. The zero-order chi connectivity index (χ0) is 17.2. The summed E-state index contributed by atoms with van der Waals surface area (Å²) in [4.78, 5) is 6.94. The number of likely N-dealkylation sites (tertiary alicyclic amines) is 1. The molecule has 2 rings (SSSR count). The Hall–Kier alpha value is -1.56. The molecule has 1 saturated heterocycles. The number of aryl methyl sites for hydroxylation is 2. The summed E-state index contributed by atoms with van der Waals surface area (Å²) in [5.74, 6) is 0.900. The van der Waals surface area contributed by atoms with Gasteiger partial charge in [0.2, 0.25) is 0 Å². The minimum Gasteiger partial charge on any atom is -0.356 e. The Morgan fingerprint density at radius 1 is 1.29 bits per heavy atom. The molecular weight excluding hydrogens is 300 g/mol. The highest BCUT2D eigenvalue weighted by Gasteiger charge is 2.19. The first-order chi connectivity index (χ1) is 11.7. The van der Waals surface area contributed by atoms with Crippen molar-refractivity contribution in [3.63, 3.8) is 0 Å². The van der Waals surface area contributed by atoms with Crippen LogP contribution in [0.3, 0.4) is 0 Å². The lowest BCUT2D eigenvalue weighted by molar-refractivity contribution is 0.147. The number of aliphatic imine (C=N–C) groups is 1. The predicted molar refractivity (Wildman–Crippen MR) is 100 cm³/mol. The van der Waals surface area contributed by atoms with Gasteiger partial charge in [0, 0.05) is 45.5 Å². The lowest BCUT2D eigenvalue weighted by Crippen LogP contribution is -2.46. The fourth-order valence-corrected chi connectivity index (χ4v) is 3.39. The van der Waals surface area contributed by atoms with Crippen LogP contribution in [0.15, 0.2) is 17.4 Å². The van der Waals surface area contributed by atoms with Crippen molar-refractivity contribution in [1.29, 1.82) is 0 Å². The van der Waals surface area contributed by atoms with Gasteiger partial charge in [-0.05, 0) is 44.7 Å². The average molecular weight is 335 g/mol. The Morgan fingerprint density at radius 2 is 2.12 bits per heavy atom. The minimum absolute atomic E-state index is 0.771. The van der Waals surface area contributed by atoms with Crippen molar-refractivity contribution in [1.82, 2.24) is 25.3 Å². The maximum Gasteiger partial charge on any atom is 0.191 e. The molecule has 6 nitrogen and oxygen atoms in total. The van der Waals surface area contributed by atoms with Crippen LogP contribution in [0.25, 0.3) is 0 Å². The number of rotatable bonds is 8. The fraction of sp³-hybridized carbons (Fsp3) is 0.778. The van der Waals surface area contributed by atoms with E-state index in [4.69, 9.17) is 0 Å². The second-order valence-electron chi connectivity index (χ2n) is 6.65. The molecule has 0 saturated carbocycles. The number of nitrogens with zero attached hydrogens (tertiary/aromatic N) is 4. The molecule has 0 spiro atoms. The third kappa shape index (κ3) is 6.15. The third-order valence-corrected chi connectivity index (χ3v) is 4.75. The molecule has 1 aromatic rings. The van der Waals surface area contributed by atoms with E-state index in [9.17, 15) is 0 Å². The van der Waals surface area contributed by atoms with E-state index < -0.39 is 0 Å². The van der Waals surface area contributed by atoms with E-state index in [0.717, 1.165) is 44.6 Å². The first kappa shape index (κ1) is 18.8. The summed E-state index contributed by atoms with van der Waals surface area (Å²) in [6.45, 7) is 9.51. The Bertz CT molecular complexity index is 495. The van der Waals surface area contributed by atoms with Crippen LogP contribution >= 0.6 is 0 Å². The minimum atomic E-state index is 0.771. The van der Waals surface area contributed by atoms with E-state index in [1.807, 2.05) is 17.9 Å². The first-order valence-electron chi connectivity index (χ1n) is 9.40. The number of hydrogen-bond acceptors (Lipinski definition) is 3. The highest BCUT2D eigenvalue weighted by Crippen LogP contribution is 2.18. The topological polar surface area (TPSA) is 57.5 Å². The number of piperidine rings is 1. The first-order valence-corrected chi connectivity index (χ1v) is 9.40. The molecule has 0 aromatic carbocycles. The molecule has 2 N–H and O–H groups in total. The van der Waals surface area contributed by atoms with Gasteiger partial charge in [-0.2, -0.15) is 5.10 Å². The van der Waals surface area contributed by atoms with Gasteiger partial charge in [-0.1, -0.05) is 13.3 Å². The molecule has 1 aliphatic rings. The van der Waals surface area contributed by atoms with Crippen molar-refractivity contribution in [3.05, 3.63) is 18.0 Å². The van der Waals surface area contributed by atoms with E-state index in [1.54, 1.807) is 0 Å². The highest BCUT2D eigenvalue weighted by molar-refractivity contribution is 5.79. The summed E-state index contributed by atoms with van der Waals surface area (Å²) >= 11 is 0. The summed E-state index contributed by atoms with van der Waals surface area (Å²) in [5.41, 5.74) is 1.21. The lowest BCUT2D eigenvalue weighted by atomic mass is 10.0. The molecule has 0 bridgehead atoms. The molecule has 136 valence electrons. The van der Waals surface area contributed by atoms with Crippen molar-refractivity contribution in [3.8, 4) is 0 Å². The zero-order valence-electron chi connectivity index (χ0n) is 15.6. The molecule has 24 heavy (non-hydrogen) atoms. The van der Waals surface area contributed by atoms with E-state index in [0.29, 0.717) is 0 Å². The average Bonchev–Trinajstić information content (AvgIpc) is 3.02. The van der Waals surface area contributed by atoms with E-state index >= 15 is 0 Å². The maximum atomic E-state index is 4.31. The number of guanidine groups is 1. The van der Waals surface area contributed by atoms with Crippen molar-refractivity contribution in [2.45, 2.75) is 58.5 Å². The Morgan fingerprint density at radius 3 is 2.83 bits per heavy atom. The van der Waals surface area contributed by atoms with Gasteiger partial charge in [-0.15, -0.1) is 0 Å². The van der Waals surface area contributed by atoms with Gasteiger partial charge >= 0.3 is 0 Å². The van der Waals surface area contributed by atoms with Crippen molar-refractivity contribution in [2.75, 3.05) is 33.2 Å². The monoisotopic (exact) mass is 334 g/mol. The molecular formula is C18H34N6.